The fourth-order valence-corrected chi connectivity index (χ4v) is 8.20. The number of H-pyrrole nitrogens is 2. The molecule has 0 aliphatic rings. The molecular weight excluding hydrogens is 957 g/mol. The minimum absolute atomic E-state index is 0.0496. The number of ether oxygens (including phenoxy) is 3. The number of aromatic amines is 2. The van der Waals surface area contributed by atoms with E-state index in [0.29, 0.717) is 110 Å². The first kappa shape index (κ1) is 52.7. The number of fused-ring (bicyclic) bond motifs is 2. The average Bonchev–Trinajstić information content (AvgIpc) is 3.35. The van der Waals surface area contributed by atoms with Crippen molar-refractivity contribution in [3.05, 3.63) is 139 Å². The van der Waals surface area contributed by atoms with E-state index >= 15 is 0 Å². The van der Waals surface area contributed by atoms with Gasteiger partial charge in [0.2, 0.25) is 23.8 Å². The standard InChI is InChI=1S/C54H60N14O7/c1-31-25-37-29-35(5)45(67-65-39-15-9-7-13-33(39)3)47(69)43(37)41(27-31)57-51-59-49(61-53(71)63-51)55-17-11-19-73-21-23-75-24-22-74-20-12-18-56-50-60-52(64-54(72)62-50)58-42-28-32(2)26-38-30-36(6)46(48(70)44(38)42)68-66-40-16-10-8-14-34(40)4/h7-10,13-16,25-30,69-70H,11-12,17-24H2,1-6H3,(H3,55,57,59,61,63,71)(H3,56,58,60,62,64,72). The molecule has 0 aliphatic carbocycles. The van der Waals surface area contributed by atoms with E-state index in [1.165, 1.54) is 0 Å². The fraction of sp³-hybridized carbons (Fsp3) is 0.296. The van der Waals surface area contributed by atoms with Gasteiger partial charge < -0.3 is 45.7 Å². The number of aryl methyl sites for hydroxylation is 6. The summed E-state index contributed by atoms with van der Waals surface area (Å²) in [5.74, 6) is 0.455. The molecule has 8 rings (SSSR count). The van der Waals surface area contributed by atoms with Crippen molar-refractivity contribution in [2.24, 2.45) is 20.5 Å². The monoisotopic (exact) mass is 1020 g/mol. The molecule has 0 radical (unpaired) electrons. The molecule has 0 saturated carbocycles. The van der Waals surface area contributed by atoms with E-state index in [0.717, 1.165) is 44.2 Å². The first-order valence-corrected chi connectivity index (χ1v) is 24.5. The highest BCUT2D eigenvalue weighted by molar-refractivity contribution is 6.04. The van der Waals surface area contributed by atoms with Crippen LogP contribution < -0.4 is 32.6 Å². The Kier molecular flexibility index (Phi) is 17.4. The van der Waals surface area contributed by atoms with Crippen LogP contribution in [-0.4, -0.2) is 92.8 Å². The highest BCUT2D eigenvalue weighted by Gasteiger charge is 2.18. The lowest BCUT2D eigenvalue weighted by atomic mass is 10.0. The molecule has 6 aromatic carbocycles. The van der Waals surface area contributed by atoms with E-state index in [1.54, 1.807) is 0 Å². The summed E-state index contributed by atoms with van der Waals surface area (Å²) in [6, 6.07) is 26.7. The highest BCUT2D eigenvalue weighted by Crippen LogP contribution is 2.45. The summed E-state index contributed by atoms with van der Waals surface area (Å²) in [4.78, 5) is 47.3. The number of nitrogens with one attached hydrogen (secondary N) is 6. The third-order valence-corrected chi connectivity index (χ3v) is 11.8. The normalized spacial score (nSPS) is 11.6. The van der Waals surface area contributed by atoms with E-state index in [-0.39, 0.29) is 35.3 Å². The van der Waals surface area contributed by atoms with Gasteiger partial charge in [0.25, 0.3) is 0 Å². The average molecular weight is 1020 g/mol. The van der Waals surface area contributed by atoms with Crippen LogP contribution in [0.1, 0.15) is 46.2 Å². The van der Waals surface area contributed by atoms with Crippen molar-refractivity contribution in [1.29, 1.82) is 0 Å². The van der Waals surface area contributed by atoms with Crippen molar-refractivity contribution in [2.75, 3.05) is 74.0 Å². The van der Waals surface area contributed by atoms with Gasteiger partial charge >= 0.3 is 11.4 Å². The molecule has 2 aromatic heterocycles. The van der Waals surface area contributed by atoms with Crippen molar-refractivity contribution in [2.45, 2.75) is 54.4 Å². The van der Waals surface area contributed by atoms with E-state index in [1.807, 2.05) is 126 Å². The van der Waals surface area contributed by atoms with Crippen molar-refractivity contribution in [3.63, 3.8) is 0 Å². The first-order valence-electron chi connectivity index (χ1n) is 24.5. The Morgan fingerprint density at radius 2 is 0.893 bits per heavy atom. The molecule has 0 spiro atoms. The number of hydrogen-bond donors (Lipinski definition) is 8. The van der Waals surface area contributed by atoms with Crippen LogP contribution in [0.15, 0.2) is 115 Å². The quantitative estimate of drug-likeness (QED) is 0.0206. The third-order valence-electron chi connectivity index (χ3n) is 11.8. The van der Waals surface area contributed by atoms with Gasteiger partial charge in [-0.2, -0.15) is 30.2 Å². The van der Waals surface area contributed by atoms with Crippen LogP contribution in [0.2, 0.25) is 0 Å². The summed E-state index contributed by atoms with van der Waals surface area (Å²) in [7, 11) is 0. The van der Waals surface area contributed by atoms with Crippen LogP contribution in [-0.2, 0) is 14.2 Å². The zero-order valence-electron chi connectivity index (χ0n) is 42.7. The number of phenolic OH excluding ortho intramolecular Hbond substituents is 2. The molecule has 21 nitrogen and oxygen atoms in total. The van der Waals surface area contributed by atoms with Crippen LogP contribution in [0, 0.1) is 41.5 Å². The molecule has 0 unspecified atom stereocenters. The van der Waals surface area contributed by atoms with Gasteiger partial charge in [-0.15, -0.1) is 10.2 Å². The van der Waals surface area contributed by atoms with E-state index in [4.69, 9.17) is 14.2 Å². The minimum Gasteiger partial charge on any atom is -0.505 e. The fourth-order valence-electron chi connectivity index (χ4n) is 8.20. The molecule has 0 amide bonds. The largest absolute Gasteiger partial charge is 0.505 e. The van der Waals surface area contributed by atoms with Gasteiger partial charge in [0.15, 0.2) is 11.5 Å². The molecule has 0 saturated heterocycles. The number of rotatable bonds is 24. The molecular formula is C54H60N14O7. The SMILES string of the molecule is Cc1cc(Nc2nc(NCCCOCCOCCOCCCNc3nc(Nc4cc(C)cc5cc(C)c(N=Nc6ccccc6C)c(O)c45)[nH]c(=O)n3)nc(=O)[nH]2)c2c(O)c(N=Nc3ccccc3C)c(C)cc2c1. The lowest BCUT2D eigenvalue weighted by molar-refractivity contribution is 0.0145. The van der Waals surface area contributed by atoms with Gasteiger partial charge in [0.1, 0.15) is 11.4 Å². The van der Waals surface area contributed by atoms with Crippen LogP contribution in [0.5, 0.6) is 11.5 Å². The number of benzene rings is 6. The Labute approximate surface area is 432 Å². The van der Waals surface area contributed by atoms with Gasteiger partial charge in [-0.25, -0.2) is 9.59 Å². The van der Waals surface area contributed by atoms with Crippen LogP contribution in [0.4, 0.5) is 57.9 Å². The predicted octanol–water partition coefficient (Wildman–Crippen LogP) is 10.9. The molecule has 0 fully saturated rings. The van der Waals surface area contributed by atoms with E-state index in [2.05, 4.69) is 71.6 Å². The molecule has 0 aliphatic heterocycles. The van der Waals surface area contributed by atoms with E-state index < -0.39 is 11.4 Å². The molecule has 21 heteroatoms. The smallest absolute Gasteiger partial charge is 0.351 e. The van der Waals surface area contributed by atoms with Crippen molar-refractivity contribution < 1.29 is 24.4 Å². The lowest BCUT2D eigenvalue weighted by Crippen LogP contribution is -2.19. The second-order valence-electron chi connectivity index (χ2n) is 17.9. The third kappa shape index (κ3) is 13.9. The van der Waals surface area contributed by atoms with Crippen molar-refractivity contribution >= 4 is 79.5 Å². The zero-order valence-corrected chi connectivity index (χ0v) is 42.7. The van der Waals surface area contributed by atoms with Crippen LogP contribution >= 0.6 is 0 Å². The van der Waals surface area contributed by atoms with Crippen LogP contribution in [0.25, 0.3) is 21.5 Å². The molecule has 2 heterocycles. The Morgan fingerprint density at radius 3 is 1.31 bits per heavy atom. The van der Waals surface area contributed by atoms with Gasteiger partial charge in [0.05, 0.1) is 49.2 Å². The number of aromatic nitrogens is 6. The maximum Gasteiger partial charge on any atom is 0.351 e. The Morgan fingerprint density at radius 1 is 0.493 bits per heavy atom. The van der Waals surface area contributed by atoms with Gasteiger partial charge in [-0.3, -0.25) is 9.97 Å². The second-order valence-corrected chi connectivity index (χ2v) is 17.9. The van der Waals surface area contributed by atoms with Gasteiger partial charge in [-0.1, -0.05) is 48.5 Å². The predicted molar refractivity (Wildman–Crippen MR) is 291 cm³/mol. The Bertz CT molecular complexity index is 3280. The van der Waals surface area contributed by atoms with Crippen molar-refractivity contribution in [3.8, 4) is 11.5 Å². The summed E-state index contributed by atoms with van der Waals surface area (Å²) in [5.41, 5.74) is 7.21. The maximum absolute atomic E-state index is 12.6. The van der Waals surface area contributed by atoms with Crippen LogP contribution in [0.3, 0.4) is 0 Å². The number of azo groups is 2. The first-order chi connectivity index (χ1) is 36.3. The zero-order chi connectivity index (χ0) is 52.8. The summed E-state index contributed by atoms with van der Waals surface area (Å²) in [6.07, 6.45) is 1.23. The molecule has 0 atom stereocenters. The van der Waals surface area contributed by atoms with Gasteiger partial charge in [-0.05, 0) is 135 Å². The summed E-state index contributed by atoms with van der Waals surface area (Å²) >= 11 is 0. The maximum atomic E-state index is 12.6. The number of nitrogens with zero attached hydrogens (tertiary/aromatic N) is 8. The Hall–Kier alpha value is -8.66. The Balaban J connectivity index is 0.726. The molecule has 75 heavy (non-hydrogen) atoms. The summed E-state index contributed by atoms with van der Waals surface area (Å²) < 4.78 is 17.1. The van der Waals surface area contributed by atoms with Crippen molar-refractivity contribution in [1.82, 2.24) is 29.9 Å². The number of anilines is 6. The number of aromatic hydroxyl groups is 2. The number of hydrogen-bond acceptors (Lipinski definition) is 19. The lowest BCUT2D eigenvalue weighted by Gasteiger charge is -2.15. The number of phenols is 2. The topological polar surface area (TPSA) is 283 Å². The molecule has 0 bridgehead atoms. The molecule has 8 aromatic rings. The summed E-state index contributed by atoms with van der Waals surface area (Å²) in [6.45, 7) is 14.8. The molecule has 8 N–H and O–H groups in total. The highest BCUT2D eigenvalue weighted by atomic mass is 16.5. The van der Waals surface area contributed by atoms with Gasteiger partial charge in [0, 0.05) is 37.1 Å². The summed E-state index contributed by atoms with van der Waals surface area (Å²) in [5, 5.41) is 55.7. The molecule has 388 valence electrons. The van der Waals surface area contributed by atoms with E-state index in [9.17, 15) is 19.8 Å². The minimum atomic E-state index is -0.600. The second kappa shape index (κ2) is 24.8.